The first-order valence-electron chi connectivity index (χ1n) is 15.0. The summed E-state index contributed by atoms with van der Waals surface area (Å²) in [6.45, 7) is 0. The fraction of sp³-hybridized carbons (Fsp3) is 0. The molecule has 0 atom stereocenters. The van der Waals surface area contributed by atoms with Gasteiger partial charge >= 0.3 is 0 Å². The van der Waals surface area contributed by atoms with Crippen LogP contribution in [0.2, 0.25) is 0 Å². The summed E-state index contributed by atoms with van der Waals surface area (Å²) in [4.78, 5) is 14.9. The second-order valence-corrected chi connectivity index (χ2v) is 11.3. The van der Waals surface area contributed by atoms with Crippen molar-refractivity contribution >= 4 is 43.5 Å². The molecule has 4 heteroatoms. The highest BCUT2D eigenvalue weighted by Gasteiger charge is 2.19. The minimum Gasteiger partial charge on any atom is -0.456 e. The fourth-order valence-corrected chi connectivity index (χ4v) is 6.24. The molecule has 0 aliphatic heterocycles. The summed E-state index contributed by atoms with van der Waals surface area (Å²) < 4.78 is 6.63. The Kier molecular flexibility index (Phi) is 5.78. The van der Waals surface area contributed by atoms with E-state index in [1.165, 1.54) is 16.2 Å². The van der Waals surface area contributed by atoms with E-state index in [0.29, 0.717) is 17.5 Å². The maximum atomic E-state index is 6.63. The summed E-state index contributed by atoms with van der Waals surface area (Å²) in [5.74, 6) is 1.85. The van der Waals surface area contributed by atoms with Gasteiger partial charge in [0.25, 0.3) is 0 Å². The first-order valence-corrected chi connectivity index (χ1v) is 15.0. The van der Waals surface area contributed by atoms with E-state index >= 15 is 0 Å². The predicted octanol–water partition coefficient (Wildman–Crippen LogP) is 10.7. The lowest BCUT2D eigenvalue weighted by molar-refractivity contribution is 0.669. The Hall–Kier alpha value is -6.13. The first kappa shape index (κ1) is 25.4. The van der Waals surface area contributed by atoms with E-state index in [1.54, 1.807) is 0 Å². The molecule has 0 radical (unpaired) electrons. The van der Waals surface area contributed by atoms with Crippen LogP contribution in [0.4, 0.5) is 0 Å². The van der Waals surface area contributed by atoms with Gasteiger partial charge in [-0.3, -0.25) is 0 Å². The highest BCUT2D eigenvalue weighted by molar-refractivity contribution is 6.16. The molecule has 2 aromatic heterocycles. The smallest absolute Gasteiger partial charge is 0.164 e. The topological polar surface area (TPSA) is 51.8 Å². The first-order chi connectivity index (χ1) is 22.3. The van der Waals surface area contributed by atoms with Gasteiger partial charge in [-0.05, 0) is 63.0 Å². The Bertz CT molecular complexity index is 2480. The molecular weight excluding hydrogens is 550 g/mol. The highest BCUT2D eigenvalue weighted by atomic mass is 16.3. The van der Waals surface area contributed by atoms with Gasteiger partial charge in [-0.25, -0.2) is 15.0 Å². The van der Waals surface area contributed by atoms with Crippen LogP contribution in [0.25, 0.3) is 88.8 Å². The average Bonchev–Trinajstić information content (AvgIpc) is 3.47. The van der Waals surface area contributed by atoms with Gasteiger partial charge in [0, 0.05) is 27.5 Å². The van der Waals surface area contributed by atoms with E-state index in [9.17, 15) is 0 Å². The molecule has 0 amide bonds. The Labute approximate surface area is 259 Å². The van der Waals surface area contributed by atoms with Gasteiger partial charge in [-0.15, -0.1) is 0 Å². The molecule has 2 heterocycles. The van der Waals surface area contributed by atoms with Crippen molar-refractivity contribution in [2.24, 2.45) is 0 Å². The minimum atomic E-state index is 0.595. The monoisotopic (exact) mass is 575 g/mol. The van der Waals surface area contributed by atoms with Crippen LogP contribution in [-0.4, -0.2) is 15.0 Å². The normalized spacial score (nSPS) is 11.6. The van der Waals surface area contributed by atoms with Crippen LogP contribution in [0.3, 0.4) is 0 Å². The number of furan rings is 1. The third-order valence-electron chi connectivity index (χ3n) is 8.46. The standard InChI is InChI=1S/C41H25N3O/c1-3-12-27(13-4-1)39-42-40(28-14-5-2-6-15-28)44-41(43-39)33-23-34(32-20-19-26-11-7-8-16-29(26)21-32)38-35-22-30-17-9-10-18-31(30)24-36(35)45-37(38)25-33/h1-25H. The largest absolute Gasteiger partial charge is 0.456 e. The molecule has 0 spiro atoms. The van der Waals surface area contributed by atoms with Crippen LogP contribution in [-0.2, 0) is 0 Å². The molecule has 45 heavy (non-hydrogen) atoms. The van der Waals surface area contributed by atoms with E-state index in [0.717, 1.165) is 55.1 Å². The van der Waals surface area contributed by atoms with Crippen molar-refractivity contribution < 1.29 is 4.42 Å². The van der Waals surface area contributed by atoms with Crippen LogP contribution in [0.5, 0.6) is 0 Å². The van der Waals surface area contributed by atoms with Crippen LogP contribution in [0, 0.1) is 0 Å². The van der Waals surface area contributed by atoms with Gasteiger partial charge in [-0.1, -0.05) is 121 Å². The molecule has 0 unspecified atom stereocenters. The van der Waals surface area contributed by atoms with E-state index in [4.69, 9.17) is 19.4 Å². The predicted molar refractivity (Wildman–Crippen MR) is 184 cm³/mol. The van der Waals surface area contributed by atoms with Crippen LogP contribution in [0.15, 0.2) is 156 Å². The second-order valence-electron chi connectivity index (χ2n) is 11.3. The van der Waals surface area contributed by atoms with Crippen molar-refractivity contribution in [1.82, 2.24) is 15.0 Å². The summed E-state index contributed by atoms with van der Waals surface area (Å²) in [7, 11) is 0. The van der Waals surface area contributed by atoms with Crippen LogP contribution < -0.4 is 0 Å². The van der Waals surface area contributed by atoms with E-state index < -0.39 is 0 Å². The second kappa shape index (κ2) is 10.2. The molecule has 9 rings (SSSR count). The molecule has 0 N–H and O–H groups in total. The van der Waals surface area contributed by atoms with E-state index in [1.807, 2.05) is 60.7 Å². The summed E-state index contributed by atoms with van der Waals surface area (Å²) in [5, 5.41) is 6.88. The summed E-state index contributed by atoms with van der Waals surface area (Å²) in [6, 6.07) is 52.3. The quantitative estimate of drug-likeness (QED) is 0.209. The minimum absolute atomic E-state index is 0.595. The molecule has 0 fully saturated rings. The maximum absolute atomic E-state index is 6.63. The van der Waals surface area contributed by atoms with Gasteiger partial charge in [0.15, 0.2) is 17.5 Å². The van der Waals surface area contributed by atoms with Crippen LogP contribution in [0.1, 0.15) is 0 Å². The highest BCUT2D eigenvalue weighted by Crippen LogP contribution is 2.41. The Morgan fingerprint density at radius 3 is 1.53 bits per heavy atom. The lowest BCUT2D eigenvalue weighted by Gasteiger charge is -2.11. The molecule has 0 bridgehead atoms. The Morgan fingerprint density at radius 1 is 0.356 bits per heavy atom. The third kappa shape index (κ3) is 4.43. The van der Waals surface area contributed by atoms with Gasteiger partial charge < -0.3 is 4.42 Å². The maximum Gasteiger partial charge on any atom is 0.164 e. The molecule has 0 aliphatic rings. The molecule has 4 nitrogen and oxygen atoms in total. The SMILES string of the molecule is c1ccc(-c2nc(-c3ccccc3)nc(-c3cc(-c4ccc5ccccc5c4)c4c(c3)oc3cc5ccccc5cc34)n2)cc1. The Balaban J connectivity index is 1.34. The molecule has 0 aliphatic carbocycles. The van der Waals surface area contributed by atoms with Gasteiger partial charge in [0.2, 0.25) is 0 Å². The van der Waals surface area contributed by atoms with E-state index in [-0.39, 0.29) is 0 Å². The van der Waals surface area contributed by atoms with Crippen molar-refractivity contribution in [3.05, 3.63) is 152 Å². The zero-order chi connectivity index (χ0) is 29.7. The zero-order valence-corrected chi connectivity index (χ0v) is 24.2. The summed E-state index contributed by atoms with van der Waals surface area (Å²) >= 11 is 0. The average molecular weight is 576 g/mol. The van der Waals surface area contributed by atoms with Gasteiger partial charge in [-0.2, -0.15) is 0 Å². The molecule has 0 saturated carbocycles. The lowest BCUT2D eigenvalue weighted by atomic mass is 9.94. The molecule has 9 aromatic rings. The molecular formula is C41H25N3O. The van der Waals surface area contributed by atoms with E-state index in [2.05, 4.69) is 91.0 Å². The number of fused-ring (bicyclic) bond motifs is 5. The number of hydrogen-bond acceptors (Lipinski definition) is 4. The van der Waals surface area contributed by atoms with Crippen molar-refractivity contribution in [1.29, 1.82) is 0 Å². The zero-order valence-electron chi connectivity index (χ0n) is 24.2. The summed E-state index contributed by atoms with van der Waals surface area (Å²) in [6.07, 6.45) is 0. The number of hydrogen-bond donors (Lipinski definition) is 0. The molecule has 210 valence electrons. The molecule has 7 aromatic carbocycles. The van der Waals surface area contributed by atoms with Crippen LogP contribution >= 0.6 is 0 Å². The van der Waals surface area contributed by atoms with Gasteiger partial charge in [0.05, 0.1) is 0 Å². The number of benzene rings is 7. The number of nitrogens with zero attached hydrogens (tertiary/aromatic N) is 3. The molecule has 0 saturated heterocycles. The third-order valence-corrected chi connectivity index (χ3v) is 8.46. The van der Waals surface area contributed by atoms with Crippen molar-refractivity contribution in [2.75, 3.05) is 0 Å². The van der Waals surface area contributed by atoms with Gasteiger partial charge in [0.1, 0.15) is 11.2 Å². The van der Waals surface area contributed by atoms with Crippen molar-refractivity contribution in [3.63, 3.8) is 0 Å². The number of aromatic nitrogens is 3. The summed E-state index contributed by atoms with van der Waals surface area (Å²) in [5.41, 5.74) is 6.57. The lowest BCUT2D eigenvalue weighted by Crippen LogP contribution is -2.00. The Morgan fingerprint density at radius 2 is 0.889 bits per heavy atom. The van der Waals surface area contributed by atoms with Crippen molar-refractivity contribution in [2.45, 2.75) is 0 Å². The van der Waals surface area contributed by atoms with Crippen molar-refractivity contribution in [3.8, 4) is 45.3 Å². The fourth-order valence-electron chi connectivity index (χ4n) is 6.24. The number of rotatable bonds is 4.